The van der Waals surface area contributed by atoms with Crippen LogP contribution in [0.2, 0.25) is 6.32 Å². The molecule has 2 fully saturated rings. The van der Waals surface area contributed by atoms with E-state index < -0.39 is 5.82 Å². The molecule has 222 valence electrons. The number of ether oxygens (including phenoxy) is 2. The molecule has 1 aromatic carbocycles. The molecule has 9 nitrogen and oxygen atoms in total. The number of carbonyl (C=O) groups is 1. The molecule has 1 amide bonds. The van der Waals surface area contributed by atoms with E-state index in [4.69, 9.17) is 9.47 Å². The number of nitrogens with zero attached hydrogens (tertiary/aromatic N) is 6. The normalized spacial score (nSPS) is 18.9. The number of hydrogen-bond acceptors (Lipinski definition) is 8. The summed E-state index contributed by atoms with van der Waals surface area (Å²) in [6.07, 6.45) is 8.38. The lowest BCUT2D eigenvalue weighted by Gasteiger charge is -2.59. The van der Waals surface area contributed by atoms with Crippen molar-refractivity contribution in [2.45, 2.75) is 71.2 Å². The quantitative estimate of drug-likeness (QED) is 0.322. The molecule has 43 heavy (non-hydrogen) atoms. The molecule has 6 rings (SSSR count). The molecular weight excluding hydrogens is 546 g/mol. The fourth-order valence-corrected chi connectivity index (χ4v) is 6.93. The van der Waals surface area contributed by atoms with Crippen LogP contribution in [0.5, 0.6) is 17.2 Å². The zero-order valence-electron chi connectivity index (χ0n) is 25.1. The lowest BCUT2D eigenvalue weighted by molar-refractivity contribution is -0.0348. The number of halogens is 1. The van der Waals surface area contributed by atoms with Gasteiger partial charge in [0.25, 0.3) is 12.6 Å². The Balaban J connectivity index is 1.12. The van der Waals surface area contributed by atoms with Gasteiger partial charge in [0.15, 0.2) is 11.6 Å². The third kappa shape index (κ3) is 5.51. The molecule has 0 radical (unpaired) electrons. The second-order valence-corrected chi connectivity index (χ2v) is 12.5. The van der Waals surface area contributed by atoms with Gasteiger partial charge in [-0.25, -0.2) is 19.6 Å². The van der Waals surface area contributed by atoms with Crippen molar-refractivity contribution in [1.82, 2.24) is 19.9 Å². The first-order valence-corrected chi connectivity index (χ1v) is 15.1. The van der Waals surface area contributed by atoms with Crippen LogP contribution in [0.25, 0.3) is 0 Å². The van der Waals surface area contributed by atoms with Crippen LogP contribution >= 0.6 is 0 Å². The Morgan fingerprint density at radius 3 is 2.74 bits per heavy atom. The van der Waals surface area contributed by atoms with E-state index in [0.29, 0.717) is 24.4 Å². The van der Waals surface area contributed by atoms with Crippen molar-refractivity contribution >= 4 is 18.4 Å². The number of rotatable bonds is 8. The molecule has 1 aliphatic carbocycles. The van der Waals surface area contributed by atoms with E-state index in [1.54, 1.807) is 11.1 Å². The molecule has 1 spiro atoms. The van der Waals surface area contributed by atoms with Gasteiger partial charge in [-0.05, 0) is 70.1 Å². The van der Waals surface area contributed by atoms with E-state index in [1.807, 2.05) is 33.0 Å². The fourth-order valence-electron chi connectivity index (χ4n) is 6.93. The van der Waals surface area contributed by atoms with E-state index in [1.165, 1.54) is 24.5 Å². The second kappa shape index (κ2) is 11.5. The number of carbonyl (C=O) groups excluding carboxylic acids is 1. The number of amides is 1. The topological polar surface area (TPSA) is 104 Å². The Labute approximate surface area is 252 Å². The predicted octanol–water partition coefficient (Wildman–Crippen LogP) is 5.48. The minimum absolute atomic E-state index is 0.00357. The van der Waals surface area contributed by atoms with Crippen LogP contribution in [0.3, 0.4) is 0 Å². The Bertz CT molecular complexity index is 1560. The average Bonchev–Trinajstić information content (AvgIpc) is 2.95. The van der Waals surface area contributed by atoms with Crippen molar-refractivity contribution in [2.24, 2.45) is 5.41 Å². The van der Waals surface area contributed by atoms with E-state index in [0.717, 1.165) is 49.3 Å². The third-order valence-corrected chi connectivity index (χ3v) is 9.03. The maximum absolute atomic E-state index is 14.2. The Morgan fingerprint density at radius 2 is 2.02 bits per heavy atom. The molecular formula is C32H36BFN6O3. The molecule has 1 unspecified atom stereocenters. The Kier molecular flexibility index (Phi) is 7.71. The number of benzene rings is 1. The summed E-state index contributed by atoms with van der Waals surface area (Å²) in [6, 6.07) is 5.88. The van der Waals surface area contributed by atoms with Crippen LogP contribution in [-0.2, 0) is 6.32 Å². The van der Waals surface area contributed by atoms with Crippen molar-refractivity contribution in [3.63, 3.8) is 0 Å². The van der Waals surface area contributed by atoms with E-state index in [9.17, 15) is 14.4 Å². The summed E-state index contributed by atoms with van der Waals surface area (Å²) in [4.78, 5) is 30.4. The number of fused-ring (bicyclic) bond motifs is 1. The lowest BCUT2D eigenvalue weighted by Crippen LogP contribution is -2.65. The molecule has 1 saturated heterocycles. The van der Waals surface area contributed by atoms with Crippen LogP contribution in [-0.4, -0.2) is 64.3 Å². The van der Waals surface area contributed by atoms with Crippen molar-refractivity contribution in [3.05, 3.63) is 65.6 Å². The van der Waals surface area contributed by atoms with Gasteiger partial charge in [-0.15, -0.1) is 0 Å². The van der Waals surface area contributed by atoms with Crippen molar-refractivity contribution in [2.75, 3.05) is 24.5 Å². The van der Waals surface area contributed by atoms with Gasteiger partial charge < -0.3 is 19.3 Å². The molecule has 4 heterocycles. The first-order valence-electron chi connectivity index (χ1n) is 15.1. The molecule has 1 saturated carbocycles. The van der Waals surface area contributed by atoms with Crippen LogP contribution in [0, 0.1) is 22.5 Å². The summed E-state index contributed by atoms with van der Waals surface area (Å²) < 4.78 is 26.9. The van der Waals surface area contributed by atoms with Gasteiger partial charge in [0, 0.05) is 54.5 Å². The summed E-state index contributed by atoms with van der Waals surface area (Å²) in [5.41, 5.74) is 2.44. The minimum atomic E-state index is -0.502. The standard InChI is InChI=1S/C32H36BFN6O3/c1-5-40(20(2)3)31(41)24-10-22(34)6-7-26(24)43-28-15-36-19-38-30(28)39-16-32(17-39)11-23(12-32)42-27-8-9-37-29-21(4)13-33(18-35)14-25(27)29/h6-10,15,19-21,23H,5,11-14,16-17H2,1-4H3. The first kappa shape index (κ1) is 28.9. The highest BCUT2D eigenvalue weighted by molar-refractivity contribution is 6.66. The van der Waals surface area contributed by atoms with Crippen LogP contribution < -0.4 is 14.4 Å². The highest BCUT2D eigenvalue weighted by Gasteiger charge is 2.54. The zero-order chi connectivity index (χ0) is 30.3. The third-order valence-electron chi connectivity index (χ3n) is 9.03. The van der Waals surface area contributed by atoms with Crippen LogP contribution in [0.1, 0.15) is 68.1 Å². The molecule has 2 aliphatic heterocycles. The molecule has 0 bridgehead atoms. The van der Waals surface area contributed by atoms with E-state index in [-0.39, 0.29) is 47.4 Å². The van der Waals surface area contributed by atoms with Gasteiger partial charge in [-0.2, -0.15) is 0 Å². The number of hydrogen-bond donors (Lipinski definition) is 0. The molecule has 3 aliphatic rings. The van der Waals surface area contributed by atoms with Crippen LogP contribution in [0.15, 0.2) is 43.0 Å². The maximum Gasteiger partial charge on any atom is 0.273 e. The first-order chi connectivity index (χ1) is 20.7. The van der Waals surface area contributed by atoms with Crippen LogP contribution in [0.4, 0.5) is 10.2 Å². The summed E-state index contributed by atoms with van der Waals surface area (Å²) in [5.74, 6) is 4.08. The van der Waals surface area contributed by atoms with Gasteiger partial charge in [0.1, 0.15) is 29.7 Å². The van der Waals surface area contributed by atoms with E-state index >= 15 is 0 Å². The molecule has 3 aromatic rings. The highest BCUT2D eigenvalue weighted by atomic mass is 19.1. The zero-order valence-corrected chi connectivity index (χ0v) is 25.1. The van der Waals surface area contributed by atoms with E-state index in [2.05, 4.69) is 32.7 Å². The Hall–Kier alpha value is -4.20. The summed E-state index contributed by atoms with van der Waals surface area (Å²) in [5, 5.41) is 9.53. The van der Waals surface area contributed by atoms with Crippen molar-refractivity contribution < 1.29 is 18.7 Å². The number of pyridine rings is 1. The smallest absolute Gasteiger partial charge is 0.273 e. The molecule has 2 aromatic heterocycles. The van der Waals surface area contributed by atoms with Gasteiger partial charge in [0.05, 0.1) is 11.8 Å². The van der Waals surface area contributed by atoms with Gasteiger partial charge >= 0.3 is 0 Å². The number of nitriles is 1. The largest absolute Gasteiger partial charge is 0.490 e. The van der Waals surface area contributed by atoms with Gasteiger partial charge in [0.2, 0.25) is 0 Å². The highest BCUT2D eigenvalue weighted by Crippen LogP contribution is 2.52. The minimum Gasteiger partial charge on any atom is -0.490 e. The molecule has 11 heteroatoms. The van der Waals surface area contributed by atoms with Crippen molar-refractivity contribution in [1.29, 1.82) is 5.26 Å². The van der Waals surface area contributed by atoms with Crippen molar-refractivity contribution in [3.8, 4) is 23.2 Å². The lowest BCUT2D eigenvalue weighted by atomic mass is 9.40. The SMILES string of the molecule is CCN(C(=O)c1cc(F)ccc1Oc1cncnc1N1CC2(CC(Oc3ccnc4c3CB(C#N)CC4C)C2)C1)C(C)C. The summed E-state index contributed by atoms with van der Waals surface area (Å²) in [7, 11) is 0. The average molecular weight is 582 g/mol. The van der Waals surface area contributed by atoms with Gasteiger partial charge in [-0.3, -0.25) is 9.78 Å². The summed E-state index contributed by atoms with van der Waals surface area (Å²) in [6.45, 7) is 9.97. The maximum atomic E-state index is 14.2. The molecule has 1 atom stereocenters. The predicted molar refractivity (Wildman–Crippen MR) is 161 cm³/mol. The second-order valence-electron chi connectivity index (χ2n) is 12.5. The number of aromatic nitrogens is 3. The monoisotopic (exact) mass is 582 g/mol. The Morgan fingerprint density at radius 1 is 1.23 bits per heavy atom. The number of anilines is 1. The molecule has 0 N–H and O–H groups in total. The fraction of sp³-hybridized carbons (Fsp3) is 0.469. The van der Waals surface area contributed by atoms with Gasteiger partial charge in [-0.1, -0.05) is 13.2 Å². The summed E-state index contributed by atoms with van der Waals surface area (Å²) >= 11 is 0.